The molecule has 0 spiro atoms. The molecule has 1 unspecified atom stereocenters. The molecule has 3 nitrogen and oxygen atoms in total. The molecular formula is C14H24ClNO2. The molecule has 0 amide bonds. The minimum Gasteiger partial charge on any atom is -0.493 e. The quantitative estimate of drug-likeness (QED) is 0.862. The van der Waals surface area contributed by atoms with Crippen LogP contribution in [0.5, 0.6) is 11.5 Å². The third kappa shape index (κ3) is 4.07. The number of hydrogen-bond acceptors (Lipinski definition) is 3. The van der Waals surface area contributed by atoms with E-state index in [-0.39, 0.29) is 18.4 Å². The van der Waals surface area contributed by atoms with Gasteiger partial charge in [0.1, 0.15) is 0 Å². The van der Waals surface area contributed by atoms with Gasteiger partial charge in [0.25, 0.3) is 0 Å². The van der Waals surface area contributed by atoms with Crippen molar-refractivity contribution in [3.63, 3.8) is 0 Å². The minimum atomic E-state index is 0. The van der Waals surface area contributed by atoms with Gasteiger partial charge in [-0.2, -0.15) is 0 Å². The highest BCUT2D eigenvalue weighted by molar-refractivity contribution is 5.85. The van der Waals surface area contributed by atoms with E-state index in [1.807, 2.05) is 25.1 Å². The molecule has 0 saturated heterocycles. The van der Waals surface area contributed by atoms with E-state index in [0.29, 0.717) is 12.5 Å². The number of benzene rings is 1. The molecule has 0 aromatic heterocycles. The molecule has 1 aromatic rings. The second-order valence-corrected chi connectivity index (χ2v) is 4.25. The zero-order chi connectivity index (χ0) is 12.8. The van der Waals surface area contributed by atoms with Gasteiger partial charge in [-0.05, 0) is 30.5 Å². The summed E-state index contributed by atoms with van der Waals surface area (Å²) in [7, 11) is 1.64. The Hall–Kier alpha value is -0.930. The minimum absolute atomic E-state index is 0. The van der Waals surface area contributed by atoms with Crippen LogP contribution in [0.25, 0.3) is 0 Å². The van der Waals surface area contributed by atoms with E-state index in [0.717, 1.165) is 23.5 Å². The highest BCUT2D eigenvalue weighted by Gasteiger charge is 2.15. The first-order chi connectivity index (χ1) is 8.13. The molecule has 104 valence electrons. The molecule has 0 bridgehead atoms. The Morgan fingerprint density at radius 1 is 1.22 bits per heavy atom. The van der Waals surface area contributed by atoms with Crippen molar-refractivity contribution in [1.82, 2.24) is 0 Å². The molecule has 18 heavy (non-hydrogen) atoms. The third-order valence-corrected chi connectivity index (χ3v) is 3.13. The number of ether oxygens (including phenoxy) is 2. The van der Waals surface area contributed by atoms with Gasteiger partial charge < -0.3 is 15.2 Å². The van der Waals surface area contributed by atoms with Gasteiger partial charge in [0.2, 0.25) is 0 Å². The van der Waals surface area contributed by atoms with Crippen LogP contribution in [0.15, 0.2) is 18.2 Å². The first-order valence-corrected chi connectivity index (χ1v) is 6.20. The first kappa shape index (κ1) is 17.1. The lowest BCUT2D eigenvalue weighted by Gasteiger charge is -2.20. The number of hydrogen-bond donors (Lipinski definition) is 1. The van der Waals surface area contributed by atoms with Crippen LogP contribution in [-0.2, 0) is 0 Å². The predicted octanol–water partition coefficient (Wildman–Crippen LogP) is 3.56. The molecule has 0 saturated carbocycles. The molecular weight excluding hydrogens is 250 g/mol. The van der Waals surface area contributed by atoms with E-state index in [1.165, 1.54) is 0 Å². The van der Waals surface area contributed by atoms with Gasteiger partial charge >= 0.3 is 0 Å². The van der Waals surface area contributed by atoms with Crippen molar-refractivity contribution in [1.29, 1.82) is 0 Å². The normalized spacial score (nSPS) is 13.4. The van der Waals surface area contributed by atoms with Crippen molar-refractivity contribution in [2.24, 2.45) is 11.7 Å². The van der Waals surface area contributed by atoms with E-state index < -0.39 is 0 Å². The molecule has 2 N–H and O–H groups in total. The lowest BCUT2D eigenvalue weighted by atomic mass is 9.93. The molecule has 4 heteroatoms. The molecule has 0 aliphatic carbocycles. The highest BCUT2D eigenvalue weighted by atomic mass is 35.5. The van der Waals surface area contributed by atoms with Gasteiger partial charge in [-0.3, -0.25) is 0 Å². The summed E-state index contributed by atoms with van der Waals surface area (Å²) in [5.41, 5.74) is 7.31. The van der Waals surface area contributed by atoms with Crippen molar-refractivity contribution in [3.8, 4) is 11.5 Å². The molecule has 0 aliphatic rings. The van der Waals surface area contributed by atoms with Gasteiger partial charge in [0, 0.05) is 6.04 Å². The summed E-state index contributed by atoms with van der Waals surface area (Å²) in [6, 6.07) is 5.96. The standard InChI is InChI=1S/C14H23NO2.ClH/c1-5-10(3)14(15)11-7-8-12(16-4)13(9-11)17-6-2;/h7-10,14H,5-6,15H2,1-4H3;1H/t10?,14-;/m0./s1. The maximum atomic E-state index is 6.21. The van der Waals surface area contributed by atoms with Crippen molar-refractivity contribution in [2.75, 3.05) is 13.7 Å². The van der Waals surface area contributed by atoms with Crippen LogP contribution in [0, 0.1) is 5.92 Å². The first-order valence-electron chi connectivity index (χ1n) is 6.20. The van der Waals surface area contributed by atoms with Crippen molar-refractivity contribution in [3.05, 3.63) is 23.8 Å². The Balaban J connectivity index is 0.00000289. The lowest BCUT2D eigenvalue weighted by molar-refractivity contribution is 0.309. The predicted molar refractivity (Wildman–Crippen MR) is 77.8 cm³/mol. The summed E-state index contributed by atoms with van der Waals surface area (Å²) < 4.78 is 10.8. The zero-order valence-electron chi connectivity index (χ0n) is 11.6. The summed E-state index contributed by atoms with van der Waals surface area (Å²) in [5.74, 6) is 1.98. The third-order valence-electron chi connectivity index (χ3n) is 3.13. The van der Waals surface area contributed by atoms with Gasteiger partial charge in [-0.25, -0.2) is 0 Å². The molecule has 0 fully saturated rings. The summed E-state index contributed by atoms with van der Waals surface area (Å²) in [6.07, 6.45) is 1.07. The summed E-state index contributed by atoms with van der Waals surface area (Å²) in [6.45, 7) is 6.89. The molecule has 0 aliphatic heterocycles. The van der Waals surface area contributed by atoms with E-state index in [4.69, 9.17) is 15.2 Å². The highest BCUT2D eigenvalue weighted by Crippen LogP contribution is 2.32. The van der Waals surface area contributed by atoms with Crippen molar-refractivity contribution >= 4 is 12.4 Å². The average molecular weight is 274 g/mol. The van der Waals surface area contributed by atoms with E-state index in [2.05, 4.69) is 13.8 Å². The smallest absolute Gasteiger partial charge is 0.161 e. The second-order valence-electron chi connectivity index (χ2n) is 4.25. The number of halogens is 1. The van der Waals surface area contributed by atoms with Crippen molar-refractivity contribution in [2.45, 2.75) is 33.2 Å². The molecule has 0 radical (unpaired) electrons. The number of nitrogens with two attached hydrogens (primary N) is 1. The topological polar surface area (TPSA) is 44.5 Å². The maximum Gasteiger partial charge on any atom is 0.161 e. The Morgan fingerprint density at radius 2 is 1.89 bits per heavy atom. The van der Waals surface area contributed by atoms with Crippen molar-refractivity contribution < 1.29 is 9.47 Å². The van der Waals surface area contributed by atoms with Gasteiger partial charge in [0.05, 0.1) is 13.7 Å². The number of rotatable bonds is 6. The van der Waals surface area contributed by atoms with Crippen LogP contribution in [0.3, 0.4) is 0 Å². The van der Waals surface area contributed by atoms with Crippen LogP contribution in [-0.4, -0.2) is 13.7 Å². The summed E-state index contributed by atoms with van der Waals surface area (Å²) in [4.78, 5) is 0. The fraction of sp³-hybridized carbons (Fsp3) is 0.571. The van der Waals surface area contributed by atoms with Crippen LogP contribution >= 0.6 is 12.4 Å². The SMILES string of the molecule is CCOc1cc([C@@H](N)C(C)CC)ccc1OC.Cl. The van der Waals surface area contributed by atoms with E-state index in [9.17, 15) is 0 Å². The van der Waals surface area contributed by atoms with E-state index >= 15 is 0 Å². The Labute approximate surface area is 116 Å². The van der Waals surface area contributed by atoms with E-state index in [1.54, 1.807) is 7.11 Å². The Kier molecular flexibility index (Phi) is 7.80. The van der Waals surface area contributed by atoms with Crippen LogP contribution in [0.2, 0.25) is 0 Å². The fourth-order valence-electron chi connectivity index (χ4n) is 1.75. The Morgan fingerprint density at radius 3 is 2.39 bits per heavy atom. The molecule has 2 atom stereocenters. The van der Waals surface area contributed by atoms with Crippen LogP contribution in [0.1, 0.15) is 38.8 Å². The zero-order valence-corrected chi connectivity index (χ0v) is 12.4. The lowest BCUT2D eigenvalue weighted by Crippen LogP contribution is -2.18. The summed E-state index contributed by atoms with van der Waals surface area (Å²) >= 11 is 0. The van der Waals surface area contributed by atoms with Crippen LogP contribution in [0.4, 0.5) is 0 Å². The molecule has 0 heterocycles. The average Bonchev–Trinajstić information content (AvgIpc) is 2.37. The monoisotopic (exact) mass is 273 g/mol. The molecule has 1 rings (SSSR count). The van der Waals surface area contributed by atoms with Crippen LogP contribution < -0.4 is 15.2 Å². The maximum absolute atomic E-state index is 6.21. The van der Waals surface area contributed by atoms with Gasteiger partial charge in [-0.1, -0.05) is 26.3 Å². The largest absolute Gasteiger partial charge is 0.493 e. The fourth-order valence-corrected chi connectivity index (χ4v) is 1.75. The molecule has 1 aromatic carbocycles. The summed E-state index contributed by atoms with van der Waals surface area (Å²) in [5, 5.41) is 0. The van der Waals surface area contributed by atoms with Gasteiger partial charge in [0.15, 0.2) is 11.5 Å². The van der Waals surface area contributed by atoms with Gasteiger partial charge in [-0.15, -0.1) is 12.4 Å². The Bertz CT molecular complexity index is 358. The number of methoxy groups -OCH3 is 1. The second kappa shape index (κ2) is 8.22.